The molecular formula is C23H28N4O2. The maximum atomic E-state index is 5.62. The molecule has 1 saturated heterocycles. The van der Waals surface area contributed by atoms with Crippen molar-refractivity contribution in [2.24, 2.45) is 0 Å². The van der Waals surface area contributed by atoms with Gasteiger partial charge in [0.2, 0.25) is 0 Å². The minimum Gasteiger partial charge on any atom is -0.497 e. The van der Waals surface area contributed by atoms with E-state index in [2.05, 4.69) is 58.3 Å². The fourth-order valence-corrected chi connectivity index (χ4v) is 3.84. The van der Waals surface area contributed by atoms with E-state index >= 15 is 0 Å². The van der Waals surface area contributed by atoms with Gasteiger partial charge < -0.3 is 14.2 Å². The molecule has 4 rings (SSSR count). The second-order valence-corrected chi connectivity index (χ2v) is 7.42. The summed E-state index contributed by atoms with van der Waals surface area (Å²) in [6.07, 6.45) is 0.943. The molecule has 0 spiro atoms. The van der Waals surface area contributed by atoms with E-state index in [9.17, 15) is 0 Å². The molecule has 29 heavy (non-hydrogen) atoms. The maximum Gasteiger partial charge on any atom is 0.324 e. The largest absolute Gasteiger partial charge is 0.497 e. The van der Waals surface area contributed by atoms with Crippen molar-refractivity contribution in [2.75, 3.05) is 38.2 Å². The molecule has 0 unspecified atom stereocenters. The van der Waals surface area contributed by atoms with Gasteiger partial charge in [0.25, 0.3) is 0 Å². The van der Waals surface area contributed by atoms with Crippen molar-refractivity contribution in [3.63, 3.8) is 0 Å². The zero-order valence-corrected chi connectivity index (χ0v) is 17.1. The van der Waals surface area contributed by atoms with E-state index in [1.54, 1.807) is 7.11 Å². The van der Waals surface area contributed by atoms with Crippen molar-refractivity contribution in [1.82, 2.24) is 15.0 Å². The van der Waals surface area contributed by atoms with E-state index in [0.717, 1.165) is 50.7 Å². The van der Waals surface area contributed by atoms with Crippen LogP contribution in [0.3, 0.4) is 0 Å². The second kappa shape index (κ2) is 9.09. The summed E-state index contributed by atoms with van der Waals surface area (Å²) in [5.41, 5.74) is 2.53. The third-order valence-electron chi connectivity index (χ3n) is 5.56. The molecular weight excluding hydrogens is 364 g/mol. The summed E-state index contributed by atoms with van der Waals surface area (Å²) in [6.45, 7) is 6.82. The van der Waals surface area contributed by atoms with Gasteiger partial charge in [0.1, 0.15) is 5.75 Å². The molecule has 6 heteroatoms. The minimum absolute atomic E-state index is 0.171. The second-order valence-electron chi connectivity index (χ2n) is 7.42. The van der Waals surface area contributed by atoms with Crippen LogP contribution < -0.4 is 9.64 Å². The van der Waals surface area contributed by atoms with Gasteiger partial charge in [-0.2, -0.15) is 4.98 Å². The lowest BCUT2D eigenvalue weighted by Gasteiger charge is -2.33. The van der Waals surface area contributed by atoms with Crippen LogP contribution in [0.1, 0.15) is 36.2 Å². The molecule has 6 nitrogen and oxygen atoms in total. The van der Waals surface area contributed by atoms with Gasteiger partial charge >= 0.3 is 6.01 Å². The fourth-order valence-electron chi connectivity index (χ4n) is 3.84. The molecule has 1 atom stereocenters. The van der Waals surface area contributed by atoms with E-state index < -0.39 is 0 Å². The Labute approximate surface area is 172 Å². The standard InChI is InChI=1S/C23H28N4O2/c1-3-21(19-7-5-4-6-8-19)22-24-23(29-25-22)27-15-13-26(14-16-27)17-18-9-11-20(28-2)12-10-18/h4-12,21H,3,13-17H2,1-2H3/t21-/m0/s1. The average molecular weight is 393 g/mol. The molecule has 0 radical (unpaired) electrons. The molecule has 1 aliphatic rings. The van der Waals surface area contributed by atoms with Crippen LogP contribution in [0.5, 0.6) is 5.75 Å². The van der Waals surface area contributed by atoms with Gasteiger partial charge in [0, 0.05) is 38.6 Å². The zero-order valence-electron chi connectivity index (χ0n) is 17.1. The first-order valence-electron chi connectivity index (χ1n) is 10.3. The molecule has 0 bridgehead atoms. The Morgan fingerprint density at radius 3 is 2.38 bits per heavy atom. The Kier molecular flexibility index (Phi) is 6.10. The summed E-state index contributed by atoms with van der Waals surface area (Å²) in [4.78, 5) is 9.37. The van der Waals surface area contributed by atoms with Crippen molar-refractivity contribution in [3.8, 4) is 5.75 Å². The van der Waals surface area contributed by atoms with E-state index in [4.69, 9.17) is 14.2 Å². The van der Waals surface area contributed by atoms with E-state index in [0.29, 0.717) is 6.01 Å². The lowest BCUT2D eigenvalue weighted by Crippen LogP contribution is -2.46. The summed E-state index contributed by atoms with van der Waals surface area (Å²) in [5.74, 6) is 1.84. The van der Waals surface area contributed by atoms with Gasteiger partial charge in [-0.3, -0.25) is 4.90 Å². The molecule has 2 aromatic carbocycles. The number of anilines is 1. The molecule has 152 valence electrons. The number of piperazine rings is 1. The highest BCUT2D eigenvalue weighted by molar-refractivity contribution is 5.31. The van der Waals surface area contributed by atoms with Gasteiger partial charge in [0.05, 0.1) is 7.11 Å². The Balaban J connectivity index is 1.35. The SMILES string of the molecule is CC[C@@H](c1ccccc1)c1noc(N2CCN(Cc3ccc(OC)cc3)CC2)n1. The van der Waals surface area contributed by atoms with E-state index in [-0.39, 0.29) is 5.92 Å². The van der Waals surface area contributed by atoms with Crippen LogP contribution >= 0.6 is 0 Å². The fraction of sp³-hybridized carbons (Fsp3) is 0.391. The van der Waals surface area contributed by atoms with Gasteiger partial charge in [-0.15, -0.1) is 0 Å². The highest BCUT2D eigenvalue weighted by atomic mass is 16.5. The van der Waals surface area contributed by atoms with Crippen LogP contribution in [-0.2, 0) is 6.54 Å². The van der Waals surface area contributed by atoms with Crippen LogP contribution in [-0.4, -0.2) is 48.3 Å². The van der Waals surface area contributed by atoms with Crippen molar-refractivity contribution in [3.05, 3.63) is 71.5 Å². The summed E-state index contributed by atoms with van der Waals surface area (Å²) < 4.78 is 10.9. The number of ether oxygens (including phenoxy) is 1. The molecule has 1 fully saturated rings. The van der Waals surface area contributed by atoms with E-state index in [1.807, 2.05) is 18.2 Å². The summed E-state index contributed by atoms with van der Waals surface area (Å²) in [6, 6.07) is 19.3. The zero-order chi connectivity index (χ0) is 20.1. The Morgan fingerprint density at radius 2 is 1.72 bits per heavy atom. The highest BCUT2D eigenvalue weighted by Gasteiger charge is 2.24. The molecule has 0 amide bonds. The summed E-state index contributed by atoms with van der Waals surface area (Å²) in [7, 11) is 1.69. The van der Waals surface area contributed by atoms with Gasteiger partial charge in [-0.25, -0.2) is 0 Å². The minimum atomic E-state index is 0.171. The van der Waals surface area contributed by atoms with Crippen LogP contribution in [0.2, 0.25) is 0 Å². The average Bonchev–Trinajstić information content (AvgIpc) is 3.26. The number of hydrogen-bond donors (Lipinski definition) is 0. The van der Waals surface area contributed by atoms with Crippen LogP contribution in [0, 0.1) is 0 Å². The van der Waals surface area contributed by atoms with Gasteiger partial charge in [-0.1, -0.05) is 54.5 Å². The third-order valence-corrected chi connectivity index (χ3v) is 5.56. The molecule has 1 aliphatic heterocycles. The molecule has 3 aromatic rings. The van der Waals surface area contributed by atoms with Crippen molar-refractivity contribution < 1.29 is 9.26 Å². The Hall–Kier alpha value is -2.86. The predicted octanol–water partition coefficient (Wildman–Crippen LogP) is 3.94. The number of benzene rings is 2. The quantitative estimate of drug-likeness (QED) is 0.607. The molecule has 1 aromatic heterocycles. The summed E-state index contributed by atoms with van der Waals surface area (Å²) in [5, 5.41) is 4.29. The normalized spacial score (nSPS) is 16.0. The Bertz CT molecular complexity index is 887. The monoisotopic (exact) mass is 392 g/mol. The number of aromatic nitrogens is 2. The highest BCUT2D eigenvalue weighted by Crippen LogP contribution is 2.27. The van der Waals surface area contributed by atoms with Crippen molar-refractivity contribution >= 4 is 6.01 Å². The van der Waals surface area contributed by atoms with Crippen LogP contribution in [0.15, 0.2) is 59.1 Å². The predicted molar refractivity (Wildman–Crippen MR) is 113 cm³/mol. The number of methoxy groups -OCH3 is 1. The molecule has 2 heterocycles. The van der Waals surface area contributed by atoms with Crippen molar-refractivity contribution in [2.45, 2.75) is 25.8 Å². The third kappa shape index (κ3) is 4.59. The first kappa shape index (κ1) is 19.5. The first-order chi connectivity index (χ1) is 14.3. The molecule has 0 aliphatic carbocycles. The van der Waals surface area contributed by atoms with Gasteiger partial charge in [0.15, 0.2) is 5.82 Å². The van der Waals surface area contributed by atoms with Crippen LogP contribution in [0.4, 0.5) is 6.01 Å². The van der Waals surface area contributed by atoms with Crippen molar-refractivity contribution in [1.29, 1.82) is 0 Å². The van der Waals surface area contributed by atoms with Gasteiger partial charge in [-0.05, 0) is 29.7 Å². The lowest BCUT2D eigenvalue weighted by molar-refractivity contribution is 0.242. The first-order valence-corrected chi connectivity index (χ1v) is 10.3. The van der Waals surface area contributed by atoms with E-state index in [1.165, 1.54) is 11.1 Å². The lowest BCUT2D eigenvalue weighted by atomic mass is 9.96. The number of nitrogens with zero attached hydrogens (tertiary/aromatic N) is 4. The molecule has 0 saturated carbocycles. The number of hydrogen-bond acceptors (Lipinski definition) is 6. The maximum absolute atomic E-state index is 5.62. The topological polar surface area (TPSA) is 54.6 Å². The van der Waals surface area contributed by atoms with Crippen LogP contribution in [0.25, 0.3) is 0 Å². The Morgan fingerprint density at radius 1 is 1.00 bits per heavy atom. The molecule has 0 N–H and O–H groups in total. The smallest absolute Gasteiger partial charge is 0.324 e. The number of rotatable bonds is 7. The summed E-state index contributed by atoms with van der Waals surface area (Å²) >= 11 is 0.